The number of carbonyl (C=O) groups excluding carboxylic acids is 2. The standard InChI is InChI=1S/C26H19NO5/c28-21(15-14-17-8-3-1-4-9-17)22-23(18-10-5-2-6-11-18)27(25(30)24(22)29)20-13-7-12-19(16-20)26(31)32/h1-16,23,29H,(H,31,32). The first-order valence-corrected chi connectivity index (χ1v) is 9.90. The third-order valence-electron chi connectivity index (χ3n) is 5.19. The molecule has 0 bridgehead atoms. The summed E-state index contributed by atoms with van der Waals surface area (Å²) >= 11 is 0. The molecule has 0 radical (unpaired) electrons. The summed E-state index contributed by atoms with van der Waals surface area (Å²) in [7, 11) is 0. The molecule has 0 spiro atoms. The average molecular weight is 425 g/mol. The van der Waals surface area contributed by atoms with E-state index in [1.165, 1.54) is 29.2 Å². The van der Waals surface area contributed by atoms with E-state index < -0.39 is 29.5 Å². The van der Waals surface area contributed by atoms with Crippen molar-refractivity contribution in [3.63, 3.8) is 0 Å². The number of carboxylic acid groups (broad SMARTS) is 1. The third-order valence-corrected chi connectivity index (χ3v) is 5.19. The van der Waals surface area contributed by atoms with Crippen LogP contribution in [-0.2, 0) is 9.59 Å². The van der Waals surface area contributed by atoms with Gasteiger partial charge in [-0.1, -0.05) is 72.8 Å². The van der Waals surface area contributed by atoms with Crippen molar-refractivity contribution in [3.05, 3.63) is 119 Å². The number of rotatable bonds is 6. The Labute approximate surface area is 184 Å². The van der Waals surface area contributed by atoms with Crippen molar-refractivity contribution in [2.24, 2.45) is 0 Å². The number of aliphatic hydroxyl groups excluding tert-OH is 1. The van der Waals surface area contributed by atoms with Gasteiger partial charge in [0.1, 0.15) is 0 Å². The number of benzene rings is 3. The molecule has 6 heteroatoms. The number of aromatic carboxylic acids is 1. The lowest BCUT2D eigenvalue weighted by Gasteiger charge is -2.27. The number of hydrogen-bond acceptors (Lipinski definition) is 4. The van der Waals surface area contributed by atoms with Crippen molar-refractivity contribution in [3.8, 4) is 0 Å². The monoisotopic (exact) mass is 425 g/mol. The Morgan fingerprint density at radius 3 is 2.19 bits per heavy atom. The fraction of sp³-hybridized carbons (Fsp3) is 0.0385. The van der Waals surface area contributed by atoms with Crippen molar-refractivity contribution < 1.29 is 24.6 Å². The fourth-order valence-electron chi connectivity index (χ4n) is 3.69. The van der Waals surface area contributed by atoms with E-state index in [2.05, 4.69) is 0 Å². The van der Waals surface area contributed by atoms with Crippen molar-refractivity contribution in [2.75, 3.05) is 4.90 Å². The SMILES string of the molecule is O=C(C=Cc1ccccc1)C1=C(O)C(=O)N(c2cccc(C(=O)O)c2)C1c1ccccc1. The van der Waals surface area contributed by atoms with Crippen molar-refractivity contribution in [2.45, 2.75) is 6.04 Å². The highest BCUT2D eigenvalue weighted by Gasteiger charge is 2.43. The van der Waals surface area contributed by atoms with Crippen LogP contribution in [0.15, 0.2) is 102 Å². The predicted octanol–water partition coefficient (Wildman–Crippen LogP) is 4.57. The number of ketones is 1. The number of amides is 1. The van der Waals surface area contributed by atoms with Gasteiger partial charge in [0, 0.05) is 5.69 Å². The van der Waals surface area contributed by atoms with Gasteiger partial charge in [-0.2, -0.15) is 0 Å². The minimum atomic E-state index is -1.14. The van der Waals surface area contributed by atoms with E-state index in [-0.39, 0.29) is 16.8 Å². The largest absolute Gasteiger partial charge is 0.503 e. The average Bonchev–Trinajstić information content (AvgIpc) is 3.09. The van der Waals surface area contributed by atoms with Crippen LogP contribution in [0.1, 0.15) is 27.5 Å². The molecule has 32 heavy (non-hydrogen) atoms. The van der Waals surface area contributed by atoms with Gasteiger partial charge in [0.15, 0.2) is 11.5 Å². The number of allylic oxidation sites excluding steroid dienone is 1. The van der Waals surface area contributed by atoms with E-state index in [1.807, 2.05) is 30.3 Å². The second kappa shape index (κ2) is 8.73. The van der Waals surface area contributed by atoms with E-state index in [0.717, 1.165) is 5.56 Å². The van der Waals surface area contributed by atoms with Gasteiger partial charge in [-0.3, -0.25) is 14.5 Å². The maximum Gasteiger partial charge on any atom is 0.335 e. The Hall–Kier alpha value is -4.45. The summed E-state index contributed by atoms with van der Waals surface area (Å²) in [5.41, 5.74) is 1.61. The lowest BCUT2D eigenvalue weighted by molar-refractivity contribution is -0.117. The van der Waals surface area contributed by atoms with Crippen LogP contribution in [0, 0.1) is 0 Å². The summed E-state index contributed by atoms with van der Waals surface area (Å²) in [6, 6.07) is 23.0. The summed E-state index contributed by atoms with van der Waals surface area (Å²) in [6.45, 7) is 0. The molecule has 3 aromatic rings. The summed E-state index contributed by atoms with van der Waals surface area (Å²) in [5.74, 6) is -3.07. The molecule has 0 fully saturated rings. The van der Waals surface area contributed by atoms with Gasteiger partial charge in [0.2, 0.25) is 0 Å². The third kappa shape index (κ3) is 3.94. The molecule has 1 aliphatic heterocycles. The van der Waals surface area contributed by atoms with Crippen molar-refractivity contribution in [1.29, 1.82) is 0 Å². The molecular formula is C26H19NO5. The van der Waals surface area contributed by atoms with Gasteiger partial charge >= 0.3 is 5.97 Å². The zero-order valence-corrected chi connectivity index (χ0v) is 16.9. The zero-order valence-electron chi connectivity index (χ0n) is 16.9. The molecule has 1 aliphatic rings. The molecule has 0 aromatic heterocycles. The van der Waals surface area contributed by atoms with Gasteiger partial charge in [-0.15, -0.1) is 0 Å². The second-order valence-corrected chi connectivity index (χ2v) is 7.21. The lowest BCUT2D eigenvalue weighted by atomic mass is 9.95. The second-order valence-electron chi connectivity index (χ2n) is 7.21. The number of nitrogens with zero attached hydrogens (tertiary/aromatic N) is 1. The van der Waals surface area contributed by atoms with Gasteiger partial charge < -0.3 is 10.2 Å². The van der Waals surface area contributed by atoms with Crippen molar-refractivity contribution >= 4 is 29.4 Å². The first-order chi connectivity index (χ1) is 15.5. The molecule has 1 unspecified atom stereocenters. The van der Waals surface area contributed by atoms with Crippen LogP contribution in [0.25, 0.3) is 6.08 Å². The zero-order chi connectivity index (χ0) is 22.7. The topological polar surface area (TPSA) is 94.9 Å². The molecule has 4 rings (SSSR count). The molecule has 1 heterocycles. The van der Waals surface area contributed by atoms with Gasteiger partial charge in [0.05, 0.1) is 17.2 Å². The van der Waals surface area contributed by atoms with Crippen LogP contribution in [0.3, 0.4) is 0 Å². The molecule has 3 aromatic carbocycles. The smallest absolute Gasteiger partial charge is 0.335 e. The van der Waals surface area contributed by atoms with Gasteiger partial charge in [-0.05, 0) is 35.4 Å². The fourth-order valence-corrected chi connectivity index (χ4v) is 3.69. The Bertz CT molecular complexity index is 1250. The van der Waals surface area contributed by atoms with Crippen LogP contribution in [-0.4, -0.2) is 27.9 Å². The minimum Gasteiger partial charge on any atom is -0.503 e. The highest BCUT2D eigenvalue weighted by Crippen LogP contribution is 2.41. The van der Waals surface area contributed by atoms with E-state index in [4.69, 9.17) is 0 Å². The number of hydrogen-bond donors (Lipinski definition) is 2. The van der Waals surface area contributed by atoms with Gasteiger partial charge in [0.25, 0.3) is 5.91 Å². The molecular weight excluding hydrogens is 406 g/mol. The normalized spacial score (nSPS) is 16.1. The summed E-state index contributed by atoms with van der Waals surface area (Å²) in [6.07, 6.45) is 2.93. The predicted molar refractivity (Wildman–Crippen MR) is 120 cm³/mol. The molecule has 2 N–H and O–H groups in total. The first kappa shape index (κ1) is 20.8. The number of carboxylic acids is 1. The van der Waals surface area contributed by atoms with Crippen LogP contribution >= 0.6 is 0 Å². The minimum absolute atomic E-state index is 0.00893. The number of carbonyl (C=O) groups is 3. The highest BCUT2D eigenvalue weighted by atomic mass is 16.4. The van der Waals surface area contributed by atoms with E-state index in [1.54, 1.807) is 42.5 Å². The number of aliphatic hydroxyl groups is 1. The number of anilines is 1. The molecule has 1 atom stereocenters. The Morgan fingerprint density at radius 1 is 0.875 bits per heavy atom. The molecule has 0 aliphatic carbocycles. The lowest BCUT2D eigenvalue weighted by Crippen LogP contribution is -2.31. The molecule has 0 saturated heterocycles. The van der Waals surface area contributed by atoms with E-state index >= 15 is 0 Å². The molecule has 0 saturated carbocycles. The molecule has 6 nitrogen and oxygen atoms in total. The van der Waals surface area contributed by atoms with Crippen molar-refractivity contribution in [1.82, 2.24) is 0 Å². The van der Waals surface area contributed by atoms with Crippen LogP contribution < -0.4 is 4.90 Å². The van der Waals surface area contributed by atoms with Crippen LogP contribution in [0.2, 0.25) is 0 Å². The highest BCUT2D eigenvalue weighted by molar-refractivity contribution is 6.20. The summed E-state index contributed by atoms with van der Waals surface area (Å²) in [5, 5.41) is 20.0. The van der Waals surface area contributed by atoms with Crippen LogP contribution in [0.4, 0.5) is 5.69 Å². The Kier molecular flexibility index (Phi) is 5.68. The Balaban J connectivity index is 1.79. The quantitative estimate of drug-likeness (QED) is 0.564. The maximum absolute atomic E-state index is 13.1. The van der Waals surface area contributed by atoms with Gasteiger partial charge in [-0.25, -0.2) is 4.79 Å². The molecule has 1 amide bonds. The van der Waals surface area contributed by atoms with Crippen LogP contribution in [0.5, 0.6) is 0 Å². The van der Waals surface area contributed by atoms with E-state index in [0.29, 0.717) is 5.56 Å². The maximum atomic E-state index is 13.1. The Morgan fingerprint density at radius 2 is 1.53 bits per heavy atom. The summed E-state index contributed by atoms with van der Waals surface area (Å²) < 4.78 is 0. The summed E-state index contributed by atoms with van der Waals surface area (Å²) in [4.78, 5) is 38.9. The first-order valence-electron chi connectivity index (χ1n) is 9.90. The van der Waals surface area contributed by atoms with E-state index in [9.17, 15) is 24.6 Å². The molecule has 158 valence electrons.